The molecule has 1 atom stereocenters. The van der Waals surface area contributed by atoms with Crippen molar-refractivity contribution in [2.75, 3.05) is 0 Å². The molecule has 0 spiro atoms. The summed E-state index contributed by atoms with van der Waals surface area (Å²) in [5.41, 5.74) is 7.86. The average molecular weight is 203 g/mol. The van der Waals surface area contributed by atoms with E-state index in [2.05, 4.69) is 44.2 Å². The van der Waals surface area contributed by atoms with Crippen molar-refractivity contribution in [3.05, 3.63) is 35.9 Å². The average Bonchev–Trinajstić information content (AvgIpc) is 2.16. The molecule has 1 fully saturated rings. The zero-order chi connectivity index (χ0) is 10.9. The summed E-state index contributed by atoms with van der Waals surface area (Å²) in [6.07, 6.45) is 4.00. The minimum absolute atomic E-state index is 0.104. The van der Waals surface area contributed by atoms with Crippen LogP contribution in [0.1, 0.15) is 38.7 Å². The lowest BCUT2D eigenvalue weighted by molar-refractivity contribution is 0.199. The van der Waals surface area contributed by atoms with Gasteiger partial charge in [-0.1, -0.05) is 50.6 Å². The largest absolute Gasteiger partial charge is 0.327 e. The lowest BCUT2D eigenvalue weighted by Gasteiger charge is -2.41. The summed E-state index contributed by atoms with van der Waals surface area (Å²) >= 11 is 0. The van der Waals surface area contributed by atoms with E-state index >= 15 is 0 Å². The normalized spacial score (nSPS) is 19.7. The van der Waals surface area contributed by atoms with E-state index in [9.17, 15) is 0 Å². The molecular formula is C14H21N. The Balaban J connectivity index is 2.18. The van der Waals surface area contributed by atoms with Crippen molar-refractivity contribution in [2.45, 2.75) is 44.6 Å². The third-order valence-electron chi connectivity index (χ3n) is 4.01. The van der Waals surface area contributed by atoms with Crippen LogP contribution in [0.5, 0.6) is 0 Å². The van der Waals surface area contributed by atoms with E-state index in [0.29, 0.717) is 6.04 Å². The third-order valence-corrected chi connectivity index (χ3v) is 4.01. The summed E-state index contributed by atoms with van der Waals surface area (Å²) in [6.45, 7) is 4.54. The first-order valence-electron chi connectivity index (χ1n) is 5.93. The first-order chi connectivity index (χ1) is 7.12. The first-order valence-corrected chi connectivity index (χ1v) is 5.93. The molecule has 1 aromatic rings. The second-order valence-electron chi connectivity index (χ2n) is 5.30. The van der Waals surface area contributed by atoms with Gasteiger partial charge in [-0.05, 0) is 24.3 Å². The molecule has 1 nitrogen and oxygen atoms in total. The fourth-order valence-electron chi connectivity index (χ4n) is 2.45. The molecule has 0 aliphatic heterocycles. The molecule has 0 heterocycles. The zero-order valence-electron chi connectivity index (χ0n) is 9.74. The summed E-state index contributed by atoms with van der Waals surface area (Å²) in [6, 6.07) is 11.0. The zero-order valence-corrected chi connectivity index (χ0v) is 9.74. The van der Waals surface area contributed by atoms with Crippen LogP contribution in [0.2, 0.25) is 0 Å². The Morgan fingerprint density at radius 2 is 1.80 bits per heavy atom. The number of hydrogen-bond donors (Lipinski definition) is 1. The number of hydrogen-bond acceptors (Lipinski definition) is 1. The van der Waals surface area contributed by atoms with Crippen LogP contribution in [0.25, 0.3) is 0 Å². The highest BCUT2D eigenvalue weighted by atomic mass is 14.7. The lowest BCUT2D eigenvalue weighted by atomic mass is 9.67. The lowest BCUT2D eigenvalue weighted by Crippen LogP contribution is -2.48. The highest BCUT2D eigenvalue weighted by Gasteiger charge is 2.36. The number of rotatable bonds is 3. The van der Waals surface area contributed by atoms with Gasteiger partial charge in [0.05, 0.1) is 0 Å². The van der Waals surface area contributed by atoms with Crippen molar-refractivity contribution < 1.29 is 0 Å². The van der Waals surface area contributed by atoms with E-state index in [1.807, 2.05) is 0 Å². The van der Waals surface area contributed by atoms with Crippen LogP contribution in [-0.4, -0.2) is 6.04 Å². The minimum atomic E-state index is 0.104. The maximum absolute atomic E-state index is 6.39. The van der Waals surface area contributed by atoms with Crippen molar-refractivity contribution >= 4 is 0 Å². The molecule has 0 saturated heterocycles. The second kappa shape index (κ2) is 3.97. The molecule has 1 aliphatic carbocycles. The predicted octanol–water partition coefficient (Wildman–Crippen LogP) is 3.09. The quantitative estimate of drug-likeness (QED) is 0.802. The van der Waals surface area contributed by atoms with Crippen LogP contribution in [0.3, 0.4) is 0 Å². The van der Waals surface area contributed by atoms with E-state index in [0.717, 1.165) is 5.92 Å². The number of benzene rings is 1. The van der Waals surface area contributed by atoms with E-state index < -0.39 is 0 Å². The van der Waals surface area contributed by atoms with Gasteiger partial charge in [0.1, 0.15) is 0 Å². The summed E-state index contributed by atoms with van der Waals surface area (Å²) in [4.78, 5) is 0. The Morgan fingerprint density at radius 1 is 1.20 bits per heavy atom. The molecule has 2 rings (SSSR count). The Kier molecular flexibility index (Phi) is 2.83. The molecule has 0 radical (unpaired) electrons. The van der Waals surface area contributed by atoms with Crippen molar-refractivity contribution in [3.63, 3.8) is 0 Å². The van der Waals surface area contributed by atoms with Gasteiger partial charge in [-0.25, -0.2) is 0 Å². The molecule has 1 aromatic carbocycles. The van der Waals surface area contributed by atoms with Gasteiger partial charge in [-0.3, -0.25) is 0 Å². The van der Waals surface area contributed by atoms with Crippen molar-refractivity contribution in [3.8, 4) is 0 Å². The smallest absolute Gasteiger partial charge is 0.0159 e. The molecular weight excluding hydrogens is 182 g/mol. The monoisotopic (exact) mass is 203 g/mol. The van der Waals surface area contributed by atoms with Crippen LogP contribution in [-0.2, 0) is 5.41 Å². The van der Waals surface area contributed by atoms with Crippen LogP contribution in [0.15, 0.2) is 30.3 Å². The molecule has 0 amide bonds. The Hall–Kier alpha value is -0.820. The Labute approximate surface area is 92.7 Å². The van der Waals surface area contributed by atoms with Gasteiger partial charge < -0.3 is 5.73 Å². The molecule has 0 bridgehead atoms. The van der Waals surface area contributed by atoms with Gasteiger partial charge in [0, 0.05) is 11.5 Å². The molecule has 1 aliphatic rings. The maximum atomic E-state index is 6.39. The van der Waals surface area contributed by atoms with Gasteiger partial charge in [-0.15, -0.1) is 0 Å². The van der Waals surface area contributed by atoms with Crippen LogP contribution in [0.4, 0.5) is 0 Å². The fourth-order valence-corrected chi connectivity index (χ4v) is 2.45. The van der Waals surface area contributed by atoms with Crippen molar-refractivity contribution in [1.82, 2.24) is 0 Å². The third kappa shape index (κ3) is 1.93. The van der Waals surface area contributed by atoms with Crippen LogP contribution >= 0.6 is 0 Å². The van der Waals surface area contributed by atoms with Gasteiger partial charge in [0.15, 0.2) is 0 Å². The summed E-state index contributed by atoms with van der Waals surface area (Å²) < 4.78 is 0. The van der Waals surface area contributed by atoms with E-state index in [1.165, 1.54) is 24.8 Å². The Bertz CT molecular complexity index is 311. The minimum Gasteiger partial charge on any atom is -0.327 e. The first kappa shape index (κ1) is 10.7. The van der Waals surface area contributed by atoms with Crippen molar-refractivity contribution in [2.24, 2.45) is 11.7 Å². The van der Waals surface area contributed by atoms with Crippen LogP contribution < -0.4 is 5.73 Å². The fraction of sp³-hybridized carbons (Fsp3) is 0.571. The highest BCUT2D eigenvalue weighted by Crippen LogP contribution is 2.38. The highest BCUT2D eigenvalue weighted by molar-refractivity contribution is 5.26. The molecule has 15 heavy (non-hydrogen) atoms. The molecule has 1 saturated carbocycles. The summed E-state index contributed by atoms with van der Waals surface area (Å²) in [7, 11) is 0. The topological polar surface area (TPSA) is 26.0 Å². The summed E-state index contributed by atoms with van der Waals surface area (Å²) in [5.74, 6) is 0.736. The number of nitrogens with two attached hydrogens (primary N) is 1. The maximum Gasteiger partial charge on any atom is 0.0159 e. The molecule has 0 aromatic heterocycles. The van der Waals surface area contributed by atoms with Gasteiger partial charge >= 0.3 is 0 Å². The van der Waals surface area contributed by atoms with Gasteiger partial charge in [-0.2, -0.15) is 0 Å². The SMILES string of the molecule is CC(C)(c1ccccc1)C(N)C1CCC1. The second-order valence-corrected chi connectivity index (χ2v) is 5.30. The molecule has 1 heteroatoms. The van der Waals surface area contributed by atoms with E-state index in [-0.39, 0.29) is 5.41 Å². The molecule has 2 N–H and O–H groups in total. The molecule has 82 valence electrons. The Morgan fingerprint density at radius 3 is 2.27 bits per heavy atom. The molecule has 1 unspecified atom stereocenters. The van der Waals surface area contributed by atoms with Crippen molar-refractivity contribution in [1.29, 1.82) is 0 Å². The van der Waals surface area contributed by atoms with E-state index in [1.54, 1.807) is 0 Å². The van der Waals surface area contributed by atoms with Crippen LogP contribution in [0, 0.1) is 5.92 Å². The van der Waals surface area contributed by atoms with Gasteiger partial charge in [0.2, 0.25) is 0 Å². The summed E-state index contributed by atoms with van der Waals surface area (Å²) in [5, 5.41) is 0. The standard InChI is InChI=1S/C14H21N/c1-14(2,12-9-4-3-5-10-12)13(15)11-7-6-8-11/h3-5,9-11,13H,6-8,15H2,1-2H3. The predicted molar refractivity (Wildman–Crippen MR) is 64.8 cm³/mol. The van der Waals surface area contributed by atoms with Gasteiger partial charge in [0.25, 0.3) is 0 Å². The van der Waals surface area contributed by atoms with E-state index in [4.69, 9.17) is 5.73 Å².